The van der Waals surface area contributed by atoms with Gasteiger partial charge in [-0.3, -0.25) is 4.57 Å². The molecule has 0 amide bonds. The number of aromatic nitrogens is 3. The Hall–Kier alpha value is -5.00. The Bertz CT molecular complexity index is 2400. The Labute approximate surface area is 226 Å². The maximum Gasteiger partial charge on any atom is 0.233 e. The molecule has 39 heavy (non-hydrogen) atoms. The molecule has 0 spiro atoms. The molecule has 4 aromatic heterocycles. The van der Waals surface area contributed by atoms with E-state index in [1.807, 2.05) is 59.9 Å². The molecule has 0 saturated carbocycles. The van der Waals surface area contributed by atoms with E-state index in [2.05, 4.69) is 71.3 Å². The fraction of sp³-hybridized carbons (Fsp3) is 0. The Balaban J connectivity index is 1.55. The highest BCUT2D eigenvalue weighted by Gasteiger charge is 2.23. The van der Waals surface area contributed by atoms with Gasteiger partial charge in [-0.25, -0.2) is 4.98 Å². The van der Waals surface area contributed by atoms with Crippen LogP contribution >= 0.6 is 11.3 Å². The first-order valence-electron chi connectivity index (χ1n) is 12.9. The fourth-order valence-corrected chi connectivity index (χ4v) is 7.08. The van der Waals surface area contributed by atoms with E-state index in [1.165, 1.54) is 30.9 Å². The highest BCUT2D eigenvalue weighted by molar-refractivity contribution is 7.26. The lowest BCUT2D eigenvalue weighted by molar-refractivity contribution is 0.653. The van der Waals surface area contributed by atoms with Crippen molar-refractivity contribution in [2.45, 2.75) is 0 Å². The molecular formula is C34H19N3OS. The largest absolute Gasteiger partial charge is 0.437 e. The number of furan rings is 1. The summed E-state index contributed by atoms with van der Waals surface area (Å²) in [5.41, 5.74) is 4.62. The molecule has 0 radical (unpaired) electrons. The highest BCUT2D eigenvalue weighted by atomic mass is 32.1. The molecule has 0 aliphatic carbocycles. The van der Waals surface area contributed by atoms with E-state index in [0.717, 1.165) is 38.8 Å². The predicted octanol–water partition coefficient (Wildman–Crippen LogP) is 9.51. The third-order valence-electron chi connectivity index (χ3n) is 7.64. The number of thiophene rings is 1. The fourth-order valence-electron chi connectivity index (χ4n) is 5.97. The summed E-state index contributed by atoms with van der Waals surface area (Å²) in [6.07, 6.45) is 0. The van der Waals surface area contributed by atoms with Gasteiger partial charge in [0.15, 0.2) is 11.6 Å². The molecule has 0 aliphatic rings. The molecule has 0 unspecified atom stereocenters. The van der Waals surface area contributed by atoms with Gasteiger partial charge in [0.05, 0.1) is 16.4 Å². The molecule has 4 nitrogen and oxygen atoms in total. The Morgan fingerprint density at radius 3 is 2.21 bits per heavy atom. The van der Waals surface area contributed by atoms with Crippen molar-refractivity contribution >= 4 is 75.4 Å². The predicted molar refractivity (Wildman–Crippen MR) is 162 cm³/mol. The van der Waals surface area contributed by atoms with Crippen molar-refractivity contribution in [2.24, 2.45) is 0 Å². The van der Waals surface area contributed by atoms with Gasteiger partial charge in [0.25, 0.3) is 0 Å². The first kappa shape index (κ1) is 21.0. The lowest BCUT2D eigenvalue weighted by Gasteiger charge is -2.11. The number of hydrogen-bond donors (Lipinski definition) is 0. The average molecular weight is 518 g/mol. The smallest absolute Gasteiger partial charge is 0.233 e. The summed E-state index contributed by atoms with van der Waals surface area (Å²) >= 11 is 1.83. The van der Waals surface area contributed by atoms with E-state index in [9.17, 15) is 0 Å². The lowest BCUT2D eigenvalue weighted by Crippen LogP contribution is -2.02. The number of fused-ring (bicyclic) bond motifs is 10. The number of para-hydroxylation sites is 2. The van der Waals surface area contributed by atoms with Crippen LogP contribution in [-0.2, 0) is 0 Å². The molecule has 0 atom stereocenters. The molecule has 5 heteroatoms. The summed E-state index contributed by atoms with van der Waals surface area (Å²) in [5, 5.41) is 6.86. The quantitative estimate of drug-likeness (QED) is 0.229. The molecule has 0 N–H and O–H groups in total. The van der Waals surface area contributed by atoms with Gasteiger partial charge in [0.2, 0.25) is 5.71 Å². The van der Waals surface area contributed by atoms with Crippen molar-refractivity contribution in [1.82, 2.24) is 14.5 Å². The van der Waals surface area contributed by atoms with Crippen molar-refractivity contribution < 1.29 is 4.42 Å². The molecular weight excluding hydrogens is 498 g/mol. The van der Waals surface area contributed by atoms with Crippen LogP contribution in [0.25, 0.3) is 81.3 Å². The first-order chi connectivity index (χ1) is 19.3. The van der Waals surface area contributed by atoms with Crippen molar-refractivity contribution in [3.05, 3.63) is 115 Å². The minimum atomic E-state index is 0.591. The minimum absolute atomic E-state index is 0.591. The van der Waals surface area contributed by atoms with Crippen molar-refractivity contribution in [3.8, 4) is 17.2 Å². The van der Waals surface area contributed by atoms with Crippen LogP contribution < -0.4 is 0 Å². The SMILES string of the molecule is c1ccc(-c2nc(-n3c4ccccc4c4ccc5sc6ccccc6c5c43)c3c(n2)oc2ccccc23)cc1. The maximum atomic E-state index is 6.36. The van der Waals surface area contributed by atoms with Crippen molar-refractivity contribution in [1.29, 1.82) is 0 Å². The normalized spacial score (nSPS) is 12.1. The van der Waals surface area contributed by atoms with Gasteiger partial charge >= 0.3 is 0 Å². The van der Waals surface area contributed by atoms with Crippen LogP contribution in [0.1, 0.15) is 0 Å². The van der Waals surface area contributed by atoms with Crippen LogP contribution in [0, 0.1) is 0 Å². The monoisotopic (exact) mass is 517 g/mol. The standard InChI is InChI=1S/C34H19N3OS/c1-2-10-20(11-3-1)32-35-33(30-23-13-5-8-16-26(23)38-34(30)36-32)37-25-15-7-4-12-21(25)22-18-19-28-29(31(22)37)24-14-6-9-17-27(24)39-28/h1-19H. The van der Waals surface area contributed by atoms with Crippen molar-refractivity contribution in [2.75, 3.05) is 0 Å². The third-order valence-corrected chi connectivity index (χ3v) is 8.77. The molecule has 0 aliphatic heterocycles. The molecule has 0 saturated heterocycles. The zero-order valence-corrected chi connectivity index (χ0v) is 21.4. The van der Waals surface area contributed by atoms with Crippen LogP contribution in [0.3, 0.4) is 0 Å². The van der Waals surface area contributed by atoms with Gasteiger partial charge in [-0.2, -0.15) is 4.98 Å². The van der Waals surface area contributed by atoms with Gasteiger partial charge < -0.3 is 4.42 Å². The summed E-state index contributed by atoms with van der Waals surface area (Å²) in [6, 6.07) is 40.1. The van der Waals surface area contributed by atoms with Crippen molar-refractivity contribution in [3.63, 3.8) is 0 Å². The summed E-state index contributed by atoms with van der Waals surface area (Å²) in [7, 11) is 0. The van der Waals surface area contributed by atoms with Crippen LogP contribution in [0.2, 0.25) is 0 Å². The van der Waals surface area contributed by atoms with Gasteiger partial charge in [-0.15, -0.1) is 11.3 Å². The van der Waals surface area contributed by atoms with E-state index in [0.29, 0.717) is 11.5 Å². The molecule has 0 bridgehead atoms. The van der Waals surface area contributed by atoms with E-state index in [-0.39, 0.29) is 0 Å². The average Bonchev–Trinajstić information content (AvgIpc) is 3.66. The van der Waals surface area contributed by atoms with Crippen LogP contribution in [0.5, 0.6) is 0 Å². The second kappa shape index (κ2) is 7.76. The van der Waals surface area contributed by atoms with E-state index >= 15 is 0 Å². The molecule has 5 aromatic carbocycles. The number of benzene rings is 5. The summed E-state index contributed by atoms with van der Waals surface area (Å²) in [4.78, 5) is 10.2. The minimum Gasteiger partial charge on any atom is -0.437 e. The second-order valence-corrected chi connectivity index (χ2v) is 10.9. The number of hydrogen-bond acceptors (Lipinski definition) is 4. The first-order valence-corrected chi connectivity index (χ1v) is 13.8. The van der Waals surface area contributed by atoms with Gasteiger partial charge in [-0.1, -0.05) is 91.0 Å². The van der Waals surface area contributed by atoms with Gasteiger partial charge in [0.1, 0.15) is 5.58 Å². The molecule has 9 aromatic rings. The number of nitrogens with zero attached hydrogens (tertiary/aromatic N) is 3. The van der Waals surface area contributed by atoms with E-state index in [1.54, 1.807) is 0 Å². The van der Waals surface area contributed by atoms with Crippen LogP contribution in [0.15, 0.2) is 120 Å². The summed E-state index contributed by atoms with van der Waals surface area (Å²) in [5.74, 6) is 1.48. The molecule has 9 rings (SSSR count). The number of rotatable bonds is 2. The topological polar surface area (TPSA) is 43.9 Å². The molecule has 182 valence electrons. The zero-order chi connectivity index (χ0) is 25.5. The Morgan fingerprint density at radius 1 is 0.564 bits per heavy atom. The van der Waals surface area contributed by atoms with Gasteiger partial charge in [0, 0.05) is 41.9 Å². The Morgan fingerprint density at radius 2 is 1.31 bits per heavy atom. The highest BCUT2D eigenvalue weighted by Crippen LogP contribution is 2.44. The molecule has 4 heterocycles. The molecule has 0 fully saturated rings. The maximum absolute atomic E-state index is 6.36. The van der Waals surface area contributed by atoms with E-state index in [4.69, 9.17) is 14.4 Å². The van der Waals surface area contributed by atoms with E-state index < -0.39 is 0 Å². The third kappa shape index (κ3) is 2.88. The lowest BCUT2D eigenvalue weighted by atomic mass is 10.1. The Kier molecular flexibility index (Phi) is 4.18. The summed E-state index contributed by atoms with van der Waals surface area (Å²) < 4.78 is 11.2. The summed E-state index contributed by atoms with van der Waals surface area (Å²) in [6.45, 7) is 0. The zero-order valence-electron chi connectivity index (χ0n) is 20.6. The van der Waals surface area contributed by atoms with Crippen LogP contribution in [-0.4, -0.2) is 14.5 Å². The second-order valence-electron chi connectivity index (χ2n) is 9.80. The van der Waals surface area contributed by atoms with Gasteiger partial charge in [-0.05, 0) is 24.3 Å². The van der Waals surface area contributed by atoms with Crippen LogP contribution in [0.4, 0.5) is 0 Å².